The molecule has 122 valence electrons. The van der Waals surface area contributed by atoms with Crippen molar-refractivity contribution in [2.45, 2.75) is 58.8 Å². The zero-order valence-corrected chi connectivity index (χ0v) is 13.9. The summed E-state index contributed by atoms with van der Waals surface area (Å²) < 4.78 is 10.4. The monoisotopic (exact) mass is 307 g/mol. The minimum atomic E-state index is -0.756. The van der Waals surface area contributed by atoms with Gasteiger partial charge in [-0.05, 0) is 40.2 Å². The molecule has 0 aromatic heterocycles. The first-order valence-corrected chi connectivity index (χ1v) is 7.41. The SMILES string of the molecule is CC(Cc1ccccc1)OC(=O)[C@H](C)NC(=O)OC(C)(C)C. The van der Waals surface area contributed by atoms with Crippen LogP contribution < -0.4 is 5.32 Å². The van der Waals surface area contributed by atoms with E-state index in [0.717, 1.165) is 5.56 Å². The lowest BCUT2D eigenvalue weighted by Gasteiger charge is -2.22. The molecule has 1 rings (SSSR count). The molecule has 1 aromatic carbocycles. The van der Waals surface area contributed by atoms with Crippen molar-refractivity contribution in [1.82, 2.24) is 5.32 Å². The molecule has 0 aliphatic rings. The number of ether oxygens (including phenoxy) is 2. The highest BCUT2D eigenvalue weighted by Gasteiger charge is 2.23. The van der Waals surface area contributed by atoms with Gasteiger partial charge in [-0.25, -0.2) is 9.59 Å². The van der Waals surface area contributed by atoms with E-state index in [2.05, 4.69) is 5.32 Å². The average Bonchev–Trinajstić information content (AvgIpc) is 2.37. The lowest BCUT2D eigenvalue weighted by Crippen LogP contribution is -2.43. The number of benzene rings is 1. The Bertz CT molecular complexity index is 493. The van der Waals surface area contributed by atoms with Crippen molar-refractivity contribution in [3.63, 3.8) is 0 Å². The molecular weight excluding hydrogens is 282 g/mol. The highest BCUT2D eigenvalue weighted by atomic mass is 16.6. The third-order valence-electron chi connectivity index (χ3n) is 2.77. The van der Waals surface area contributed by atoms with E-state index < -0.39 is 23.7 Å². The maximum Gasteiger partial charge on any atom is 0.408 e. The van der Waals surface area contributed by atoms with Gasteiger partial charge in [0.25, 0.3) is 0 Å². The molecule has 0 radical (unpaired) electrons. The van der Waals surface area contributed by atoms with Gasteiger partial charge in [-0.3, -0.25) is 0 Å². The third kappa shape index (κ3) is 7.11. The predicted octanol–water partition coefficient (Wildman–Crippen LogP) is 3.07. The highest BCUT2D eigenvalue weighted by molar-refractivity contribution is 5.81. The summed E-state index contributed by atoms with van der Waals surface area (Å²) in [5.41, 5.74) is 0.490. The number of amides is 1. The molecule has 0 spiro atoms. The van der Waals surface area contributed by atoms with Crippen LogP contribution in [0.5, 0.6) is 0 Å². The van der Waals surface area contributed by atoms with Gasteiger partial charge in [-0.15, -0.1) is 0 Å². The summed E-state index contributed by atoms with van der Waals surface area (Å²) in [4.78, 5) is 23.6. The molecule has 1 aromatic rings. The molecule has 0 aliphatic heterocycles. The molecule has 1 N–H and O–H groups in total. The number of rotatable bonds is 5. The molecule has 5 nitrogen and oxygen atoms in total. The van der Waals surface area contributed by atoms with E-state index in [1.165, 1.54) is 0 Å². The van der Waals surface area contributed by atoms with Gasteiger partial charge in [0.2, 0.25) is 0 Å². The Labute approximate surface area is 132 Å². The van der Waals surface area contributed by atoms with Crippen LogP contribution in [-0.2, 0) is 20.7 Å². The number of hydrogen-bond acceptors (Lipinski definition) is 4. The van der Waals surface area contributed by atoms with Crippen molar-refractivity contribution in [2.24, 2.45) is 0 Å². The van der Waals surface area contributed by atoms with E-state index >= 15 is 0 Å². The first-order chi connectivity index (χ1) is 10.2. The lowest BCUT2D eigenvalue weighted by atomic mass is 10.1. The van der Waals surface area contributed by atoms with Crippen molar-refractivity contribution in [3.05, 3.63) is 35.9 Å². The summed E-state index contributed by atoms with van der Waals surface area (Å²) >= 11 is 0. The molecule has 0 fully saturated rings. The number of carbonyl (C=O) groups excluding carboxylic acids is 2. The zero-order valence-electron chi connectivity index (χ0n) is 13.9. The van der Waals surface area contributed by atoms with Crippen molar-refractivity contribution in [3.8, 4) is 0 Å². The second-order valence-electron chi connectivity index (χ2n) is 6.31. The van der Waals surface area contributed by atoms with E-state index in [0.29, 0.717) is 6.42 Å². The summed E-state index contributed by atoms with van der Waals surface area (Å²) in [5, 5.41) is 2.47. The van der Waals surface area contributed by atoms with Crippen LogP contribution in [0.3, 0.4) is 0 Å². The van der Waals surface area contributed by atoms with Gasteiger partial charge in [0.1, 0.15) is 17.7 Å². The predicted molar refractivity (Wildman–Crippen MR) is 84.5 cm³/mol. The minimum absolute atomic E-state index is 0.266. The Morgan fingerprint density at radius 2 is 1.73 bits per heavy atom. The quantitative estimate of drug-likeness (QED) is 0.849. The number of alkyl carbamates (subject to hydrolysis) is 1. The van der Waals surface area contributed by atoms with Gasteiger partial charge in [0, 0.05) is 6.42 Å². The van der Waals surface area contributed by atoms with E-state index in [9.17, 15) is 9.59 Å². The number of esters is 1. The van der Waals surface area contributed by atoms with Crippen LogP contribution in [0.1, 0.15) is 40.2 Å². The standard InChI is InChI=1S/C17H25NO4/c1-12(11-14-9-7-6-8-10-14)21-15(19)13(2)18-16(20)22-17(3,4)5/h6-10,12-13H,11H2,1-5H3,(H,18,20)/t12?,13-/m0/s1. The molecule has 0 saturated heterocycles. The van der Waals surface area contributed by atoms with Crippen LogP contribution in [0, 0.1) is 0 Å². The fourth-order valence-electron chi connectivity index (χ4n) is 1.83. The van der Waals surface area contributed by atoms with Crippen molar-refractivity contribution >= 4 is 12.1 Å². The van der Waals surface area contributed by atoms with Crippen molar-refractivity contribution < 1.29 is 19.1 Å². The van der Waals surface area contributed by atoms with Gasteiger partial charge in [-0.1, -0.05) is 30.3 Å². The third-order valence-corrected chi connectivity index (χ3v) is 2.77. The molecule has 0 bridgehead atoms. The van der Waals surface area contributed by atoms with E-state index in [1.54, 1.807) is 27.7 Å². The maximum absolute atomic E-state index is 12.0. The maximum atomic E-state index is 12.0. The van der Waals surface area contributed by atoms with Crippen molar-refractivity contribution in [2.75, 3.05) is 0 Å². The first-order valence-electron chi connectivity index (χ1n) is 7.41. The Kier molecular flexibility index (Phi) is 6.40. The molecule has 1 unspecified atom stereocenters. The molecule has 5 heteroatoms. The van der Waals surface area contributed by atoms with Gasteiger partial charge in [0.05, 0.1) is 0 Å². The summed E-state index contributed by atoms with van der Waals surface area (Å²) in [6.45, 7) is 8.68. The molecule has 0 aliphatic carbocycles. The normalized spacial score (nSPS) is 13.9. The van der Waals surface area contributed by atoms with Crippen LogP contribution in [0.25, 0.3) is 0 Å². The molecule has 0 heterocycles. The van der Waals surface area contributed by atoms with Crippen LogP contribution in [-0.4, -0.2) is 29.8 Å². The fourth-order valence-corrected chi connectivity index (χ4v) is 1.83. The summed E-state index contributed by atoms with van der Waals surface area (Å²) in [6.07, 6.45) is -0.267. The molecular formula is C17H25NO4. The Morgan fingerprint density at radius 3 is 2.27 bits per heavy atom. The topological polar surface area (TPSA) is 64.6 Å². The van der Waals surface area contributed by atoms with E-state index in [4.69, 9.17) is 9.47 Å². The van der Waals surface area contributed by atoms with Gasteiger partial charge < -0.3 is 14.8 Å². The molecule has 0 saturated carbocycles. The molecule has 22 heavy (non-hydrogen) atoms. The Hall–Kier alpha value is -2.04. The Balaban J connectivity index is 2.42. The number of hydrogen-bond donors (Lipinski definition) is 1. The summed E-state index contributed by atoms with van der Waals surface area (Å²) in [5.74, 6) is -0.478. The minimum Gasteiger partial charge on any atom is -0.461 e. The van der Waals surface area contributed by atoms with Gasteiger partial charge in [0.15, 0.2) is 0 Å². The van der Waals surface area contributed by atoms with E-state index in [-0.39, 0.29) is 6.10 Å². The smallest absolute Gasteiger partial charge is 0.408 e. The van der Waals surface area contributed by atoms with Crippen LogP contribution in [0.2, 0.25) is 0 Å². The Morgan fingerprint density at radius 1 is 1.14 bits per heavy atom. The highest BCUT2D eigenvalue weighted by Crippen LogP contribution is 2.08. The second kappa shape index (κ2) is 7.82. The van der Waals surface area contributed by atoms with Gasteiger partial charge in [-0.2, -0.15) is 0 Å². The number of carbonyl (C=O) groups is 2. The second-order valence-corrected chi connectivity index (χ2v) is 6.31. The lowest BCUT2D eigenvalue weighted by molar-refractivity contribution is -0.150. The molecule has 2 atom stereocenters. The van der Waals surface area contributed by atoms with Crippen LogP contribution in [0.4, 0.5) is 4.79 Å². The average molecular weight is 307 g/mol. The number of nitrogens with one attached hydrogen (secondary N) is 1. The van der Waals surface area contributed by atoms with E-state index in [1.807, 2.05) is 37.3 Å². The van der Waals surface area contributed by atoms with Crippen molar-refractivity contribution in [1.29, 1.82) is 0 Å². The van der Waals surface area contributed by atoms with Crippen LogP contribution in [0.15, 0.2) is 30.3 Å². The fraction of sp³-hybridized carbons (Fsp3) is 0.529. The van der Waals surface area contributed by atoms with Gasteiger partial charge >= 0.3 is 12.1 Å². The largest absolute Gasteiger partial charge is 0.461 e. The summed E-state index contributed by atoms with van der Waals surface area (Å²) in [6, 6.07) is 9.02. The molecule has 1 amide bonds. The zero-order chi connectivity index (χ0) is 16.8. The summed E-state index contributed by atoms with van der Waals surface area (Å²) in [7, 11) is 0. The van der Waals surface area contributed by atoms with Crippen LogP contribution >= 0.6 is 0 Å². The first kappa shape index (κ1) is 18.0.